The zero-order chi connectivity index (χ0) is 25.1. The van der Waals surface area contributed by atoms with Gasteiger partial charge in [0.15, 0.2) is 0 Å². The quantitative estimate of drug-likeness (QED) is 0.417. The molecule has 186 valence electrons. The summed E-state index contributed by atoms with van der Waals surface area (Å²) >= 11 is 0. The predicted octanol–water partition coefficient (Wildman–Crippen LogP) is 5.93. The lowest BCUT2D eigenvalue weighted by Gasteiger charge is -2.41. The van der Waals surface area contributed by atoms with Crippen LogP contribution in [0.3, 0.4) is 0 Å². The van der Waals surface area contributed by atoms with Gasteiger partial charge in [-0.3, -0.25) is 4.79 Å². The molecule has 0 bridgehead atoms. The minimum Gasteiger partial charge on any atom is -0.356 e. The fourth-order valence-corrected chi connectivity index (χ4v) is 5.15. The molecule has 0 N–H and O–H groups in total. The number of hydrogen-bond donors (Lipinski definition) is 0. The maximum absolute atomic E-state index is 14.7. The molecule has 1 saturated heterocycles. The van der Waals surface area contributed by atoms with Crippen molar-refractivity contribution in [1.29, 1.82) is 0 Å². The number of alkyl halides is 3. The van der Waals surface area contributed by atoms with Crippen LogP contribution in [0, 0.1) is 0 Å². The second-order valence-electron chi connectivity index (χ2n) is 9.11. The minimum absolute atomic E-state index is 0.235. The molecule has 2 atom stereocenters. The van der Waals surface area contributed by atoms with Gasteiger partial charge in [-0.2, -0.15) is 13.2 Å². The van der Waals surface area contributed by atoms with Crippen LogP contribution in [-0.2, 0) is 15.1 Å². The number of ether oxygens (including phenoxy) is 1. The lowest BCUT2D eigenvalue weighted by Crippen LogP contribution is -2.57. The number of rotatable bonds is 7. The topological polar surface area (TPSA) is 32.8 Å². The van der Waals surface area contributed by atoms with E-state index in [4.69, 9.17) is 4.74 Å². The van der Waals surface area contributed by atoms with Crippen LogP contribution in [-0.4, -0.2) is 55.7 Å². The standard InChI is InChI=1S/C28H31F3N2O2/c1-32(26(34)27(35-2,28(29,30)31)22-14-5-3-6-15-22)25(20-33-18-9-4-10-19-33)24-17-11-13-21-12-7-8-16-23(21)24/h3,5-8,11-17,25H,4,9-10,18-20H2,1-2H3/t25-,27?/m0/s1. The van der Waals surface area contributed by atoms with Gasteiger partial charge in [0, 0.05) is 26.3 Å². The van der Waals surface area contributed by atoms with Gasteiger partial charge in [-0.15, -0.1) is 0 Å². The van der Waals surface area contributed by atoms with Gasteiger partial charge in [-0.1, -0.05) is 79.2 Å². The van der Waals surface area contributed by atoms with E-state index in [1.807, 2.05) is 42.5 Å². The number of hydrogen-bond acceptors (Lipinski definition) is 3. The van der Waals surface area contributed by atoms with E-state index >= 15 is 0 Å². The molecule has 1 aliphatic rings. The van der Waals surface area contributed by atoms with E-state index in [-0.39, 0.29) is 5.56 Å². The van der Waals surface area contributed by atoms with Crippen molar-refractivity contribution in [3.05, 3.63) is 83.9 Å². The number of likely N-dealkylation sites (tertiary alicyclic amines) is 1. The third kappa shape index (κ3) is 4.80. The Morgan fingerprint density at radius 3 is 2.23 bits per heavy atom. The number of halogens is 3. The van der Waals surface area contributed by atoms with Gasteiger partial charge in [0.1, 0.15) is 0 Å². The van der Waals surface area contributed by atoms with Crippen molar-refractivity contribution < 1.29 is 22.7 Å². The number of nitrogens with zero attached hydrogens (tertiary/aromatic N) is 2. The number of benzene rings is 3. The molecule has 1 aliphatic heterocycles. The van der Waals surface area contributed by atoms with Crippen LogP contribution in [0.5, 0.6) is 0 Å². The van der Waals surface area contributed by atoms with Crippen LogP contribution in [0.2, 0.25) is 0 Å². The summed E-state index contributed by atoms with van der Waals surface area (Å²) in [4.78, 5) is 17.4. The van der Waals surface area contributed by atoms with Gasteiger partial charge in [0.05, 0.1) is 6.04 Å². The van der Waals surface area contributed by atoms with E-state index < -0.39 is 23.7 Å². The van der Waals surface area contributed by atoms with Crippen LogP contribution in [0.4, 0.5) is 13.2 Å². The average Bonchev–Trinajstić information content (AvgIpc) is 2.88. The number of amides is 1. The Labute approximate surface area is 204 Å². The largest absolute Gasteiger partial charge is 0.430 e. The molecule has 0 saturated carbocycles. The van der Waals surface area contributed by atoms with Crippen molar-refractivity contribution in [2.45, 2.75) is 37.1 Å². The molecule has 0 spiro atoms. The lowest BCUT2D eigenvalue weighted by molar-refractivity contribution is -0.270. The van der Waals surface area contributed by atoms with Gasteiger partial charge in [-0.05, 0) is 42.3 Å². The van der Waals surface area contributed by atoms with E-state index in [0.29, 0.717) is 6.54 Å². The minimum atomic E-state index is -4.96. The summed E-state index contributed by atoms with van der Waals surface area (Å²) in [6, 6.07) is 20.1. The third-order valence-electron chi connectivity index (χ3n) is 7.04. The smallest absolute Gasteiger partial charge is 0.356 e. The first-order valence-electron chi connectivity index (χ1n) is 11.9. The Hall–Kier alpha value is -2.90. The Bertz CT molecular complexity index is 1140. The number of likely N-dealkylation sites (N-methyl/N-ethyl adjacent to an activating group) is 1. The molecule has 0 aromatic heterocycles. The van der Waals surface area contributed by atoms with E-state index in [0.717, 1.165) is 55.8 Å². The molecule has 1 amide bonds. The summed E-state index contributed by atoms with van der Waals surface area (Å²) in [6.07, 6.45) is -1.75. The molecule has 35 heavy (non-hydrogen) atoms. The Kier molecular flexibility index (Phi) is 7.47. The van der Waals surface area contributed by atoms with Crippen LogP contribution in [0.1, 0.15) is 36.4 Å². The second kappa shape index (κ2) is 10.4. The molecule has 1 unspecified atom stereocenters. The first-order valence-corrected chi connectivity index (χ1v) is 11.9. The number of carbonyl (C=O) groups is 1. The number of fused-ring (bicyclic) bond motifs is 1. The SMILES string of the molecule is COC(C(=O)N(C)[C@@H](CN1CCCCC1)c1cccc2ccccc12)(c1ccccc1)C(F)(F)F. The molecule has 0 radical (unpaired) electrons. The molecule has 0 aliphatic carbocycles. The van der Waals surface area contributed by atoms with Crippen molar-refractivity contribution in [3.8, 4) is 0 Å². The molecular formula is C28H31F3N2O2. The van der Waals surface area contributed by atoms with Gasteiger partial charge in [0.25, 0.3) is 11.5 Å². The number of methoxy groups -OCH3 is 1. The highest BCUT2D eigenvalue weighted by Crippen LogP contribution is 2.44. The first kappa shape index (κ1) is 25.2. The Balaban J connectivity index is 1.82. The highest BCUT2D eigenvalue weighted by atomic mass is 19.4. The fraction of sp³-hybridized carbons (Fsp3) is 0.393. The summed E-state index contributed by atoms with van der Waals surface area (Å²) in [5, 5.41) is 1.90. The van der Waals surface area contributed by atoms with Crippen LogP contribution < -0.4 is 0 Å². The summed E-state index contributed by atoms with van der Waals surface area (Å²) < 4.78 is 49.1. The van der Waals surface area contributed by atoms with Crippen molar-refractivity contribution in [2.75, 3.05) is 33.8 Å². The highest BCUT2D eigenvalue weighted by molar-refractivity contribution is 5.90. The maximum Gasteiger partial charge on any atom is 0.430 e. The maximum atomic E-state index is 14.7. The fourth-order valence-electron chi connectivity index (χ4n) is 5.15. The van der Waals surface area contributed by atoms with Crippen molar-refractivity contribution in [1.82, 2.24) is 9.80 Å². The van der Waals surface area contributed by atoms with E-state index in [2.05, 4.69) is 4.90 Å². The van der Waals surface area contributed by atoms with Crippen molar-refractivity contribution >= 4 is 16.7 Å². The molecule has 7 heteroatoms. The molecule has 3 aromatic carbocycles. The molecule has 1 heterocycles. The van der Waals surface area contributed by atoms with Gasteiger partial charge in [-0.25, -0.2) is 0 Å². The van der Waals surface area contributed by atoms with E-state index in [1.165, 1.54) is 36.2 Å². The Morgan fingerprint density at radius 2 is 1.57 bits per heavy atom. The third-order valence-corrected chi connectivity index (χ3v) is 7.04. The van der Waals surface area contributed by atoms with Gasteiger partial charge < -0.3 is 14.5 Å². The number of piperidine rings is 1. The van der Waals surface area contributed by atoms with Gasteiger partial charge in [0.2, 0.25) is 0 Å². The summed E-state index contributed by atoms with van der Waals surface area (Å²) in [6.45, 7) is 2.16. The molecule has 4 nitrogen and oxygen atoms in total. The zero-order valence-electron chi connectivity index (χ0n) is 20.1. The summed E-state index contributed by atoms with van der Waals surface area (Å²) in [7, 11) is 2.41. The van der Waals surface area contributed by atoms with E-state index in [9.17, 15) is 18.0 Å². The Morgan fingerprint density at radius 1 is 0.943 bits per heavy atom. The predicted molar refractivity (Wildman–Crippen MR) is 131 cm³/mol. The molecule has 3 aromatic rings. The van der Waals surface area contributed by atoms with E-state index in [1.54, 1.807) is 6.07 Å². The first-order chi connectivity index (χ1) is 16.8. The average molecular weight is 485 g/mol. The van der Waals surface area contributed by atoms with Crippen LogP contribution in [0.25, 0.3) is 10.8 Å². The van der Waals surface area contributed by atoms with Gasteiger partial charge >= 0.3 is 6.18 Å². The highest BCUT2D eigenvalue weighted by Gasteiger charge is 2.64. The zero-order valence-corrected chi connectivity index (χ0v) is 20.1. The summed E-state index contributed by atoms with van der Waals surface area (Å²) in [5.41, 5.74) is -2.51. The normalized spacial score (nSPS) is 17.6. The monoisotopic (exact) mass is 484 g/mol. The lowest BCUT2D eigenvalue weighted by atomic mass is 9.89. The molecular weight excluding hydrogens is 453 g/mol. The molecule has 4 rings (SSSR count). The summed E-state index contributed by atoms with van der Waals surface area (Å²) in [5.74, 6) is -1.13. The molecule has 1 fully saturated rings. The van der Waals surface area contributed by atoms with Crippen LogP contribution in [0.15, 0.2) is 72.8 Å². The van der Waals surface area contributed by atoms with Crippen LogP contribution >= 0.6 is 0 Å². The van der Waals surface area contributed by atoms with Crippen molar-refractivity contribution in [3.63, 3.8) is 0 Å². The van der Waals surface area contributed by atoms with Crippen molar-refractivity contribution in [2.24, 2.45) is 0 Å². The second-order valence-corrected chi connectivity index (χ2v) is 9.11. The number of carbonyl (C=O) groups excluding carboxylic acids is 1.